The number of hydrogen-bond acceptors (Lipinski definition) is 8. The summed E-state index contributed by atoms with van der Waals surface area (Å²) in [6.07, 6.45) is 10.0. The van der Waals surface area contributed by atoms with Crippen LogP contribution in [0.15, 0.2) is 43.1 Å². The Morgan fingerprint density at radius 1 is 1.21 bits per heavy atom. The Morgan fingerprint density at radius 2 is 2.00 bits per heavy atom. The van der Waals surface area contributed by atoms with Gasteiger partial charge >= 0.3 is 0 Å². The summed E-state index contributed by atoms with van der Waals surface area (Å²) in [4.78, 5) is 29.4. The minimum Gasteiger partial charge on any atom is -0.356 e. The Morgan fingerprint density at radius 3 is 2.68 bits per heavy atom. The first-order valence-corrected chi connectivity index (χ1v) is 9.52. The van der Waals surface area contributed by atoms with Crippen LogP contribution in [0.2, 0.25) is 0 Å². The number of aromatic nitrogens is 3. The van der Waals surface area contributed by atoms with Gasteiger partial charge in [-0.25, -0.2) is 9.97 Å². The van der Waals surface area contributed by atoms with Crippen molar-refractivity contribution in [3.63, 3.8) is 0 Å². The molecule has 2 aromatic rings. The Kier molecular flexibility index (Phi) is 5.21. The quantitative estimate of drug-likeness (QED) is 0.780. The van der Waals surface area contributed by atoms with Crippen molar-refractivity contribution in [1.29, 1.82) is 0 Å². The van der Waals surface area contributed by atoms with E-state index >= 15 is 0 Å². The van der Waals surface area contributed by atoms with E-state index in [9.17, 15) is 4.79 Å². The van der Waals surface area contributed by atoms with E-state index in [4.69, 9.17) is 0 Å². The van der Waals surface area contributed by atoms with Crippen LogP contribution in [-0.4, -0.2) is 65.4 Å². The molecule has 28 heavy (non-hydrogen) atoms. The van der Waals surface area contributed by atoms with Gasteiger partial charge in [-0.1, -0.05) is 6.07 Å². The van der Waals surface area contributed by atoms with Gasteiger partial charge in [-0.05, 0) is 33.0 Å². The second-order valence-electron chi connectivity index (χ2n) is 7.34. The highest BCUT2D eigenvalue weighted by Gasteiger charge is 2.30. The molecule has 146 valence electrons. The van der Waals surface area contributed by atoms with E-state index in [1.165, 1.54) is 0 Å². The second kappa shape index (κ2) is 7.93. The SMILES string of the molecule is CN(C)C1CCN(c2cc(N3NC=C(c4cccnc4)C3C=O)ncn2)CC1. The van der Waals surface area contributed by atoms with Crippen LogP contribution < -0.4 is 15.3 Å². The number of nitrogens with one attached hydrogen (secondary N) is 1. The van der Waals surface area contributed by atoms with Crippen LogP contribution in [0.5, 0.6) is 0 Å². The standard InChI is InChI=1S/C20H25N7O/c1-25(2)16-5-8-26(9-6-16)19-10-20(23-14-22-19)27-18(13-28)17(12-24-27)15-4-3-7-21-11-15/h3-4,7,10-14,16,18,24H,5-6,8-9H2,1-2H3. The first-order chi connectivity index (χ1) is 13.7. The molecule has 8 heteroatoms. The summed E-state index contributed by atoms with van der Waals surface area (Å²) < 4.78 is 0. The van der Waals surface area contributed by atoms with Crippen molar-refractivity contribution in [2.45, 2.75) is 24.9 Å². The van der Waals surface area contributed by atoms with E-state index in [-0.39, 0.29) is 0 Å². The summed E-state index contributed by atoms with van der Waals surface area (Å²) in [7, 11) is 4.27. The minimum absolute atomic E-state index is 0.466. The highest BCUT2D eigenvalue weighted by Crippen LogP contribution is 2.29. The lowest BCUT2D eigenvalue weighted by Crippen LogP contribution is -2.43. The zero-order chi connectivity index (χ0) is 19.5. The molecular formula is C20H25N7O. The molecule has 2 aliphatic heterocycles. The third-order valence-corrected chi connectivity index (χ3v) is 5.48. The van der Waals surface area contributed by atoms with Crippen molar-refractivity contribution >= 4 is 23.5 Å². The molecule has 8 nitrogen and oxygen atoms in total. The molecule has 1 saturated heterocycles. The third-order valence-electron chi connectivity index (χ3n) is 5.48. The van der Waals surface area contributed by atoms with Gasteiger partial charge in [-0.2, -0.15) is 0 Å². The van der Waals surface area contributed by atoms with E-state index in [1.807, 2.05) is 24.4 Å². The lowest BCUT2D eigenvalue weighted by Gasteiger charge is -2.36. The normalized spacial score (nSPS) is 20.2. The van der Waals surface area contributed by atoms with Crippen LogP contribution in [0.3, 0.4) is 0 Å². The number of rotatable bonds is 5. The number of aldehydes is 1. The molecule has 1 atom stereocenters. The maximum atomic E-state index is 11.9. The summed E-state index contributed by atoms with van der Waals surface area (Å²) in [6.45, 7) is 1.92. The zero-order valence-corrected chi connectivity index (χ0v) is 16.2. The van der Waals surface area contributed by atoms with Gasteiger partial charge in [-0.3, -0.25) is 9.99 Å². The Labute approximate surface area is 164 Å². The highest BCUT2D eigenvalue weighted by molar-refractivity contribution is 5.89. The Balaban J connectivity index is 1.51. The molecule has 4 heterocycles. The summed E-state index contributed by atoms with van der Waals surface area (Å²) in [5.41, 5.74) is 4.95. The summed E-state index contributed by atoms with van der Waals surface area (Å²) in [5, 5.41) is 1.77. The average molecular weight is 379 g/mol. The first-order valence-electron chi connectivity index (χ1n) is 9.52. The van der Waals surface area contributed by atoms with Crippen molar-refractivity contribution in [1.82, 2.24) is 25.3 Å². The van der Waals surface area contributed by atoms with Crippen LogP contribution in [-0.2, 0) is 4.79 Å². The number of pyridine rings is 1. The predicted molar refractivity (Wildman–Crippen MR) is 109 cm³/mol. The van der Waals surface area contributed by atoms with E-state index in [2.05, 4.69) is 44.3 Å². The van der Waals surface area contributed by atoms with Gasteiger partial charge in [-0.15, -0.1) is 0 Å². The lowest BCUT2D eigenvalue weighted by atomic mass is 10.0. The summed E-state index contributed by atoms with van der Waals surface area (Å²) in [5.74, 6) is 1.57. The molecule has 0 radical (unpaired) electrons. The number of piperidine rings is 1. The minimum atomic E-state index is -0.466. The van der Waals surface area contributed by atoms with Gasteiger partial charge in [0.05, 0.1) is 0 Å². The van der Waals surface area contributed by atoms with Crippen molar-refractivity contribution in [2.75, 3.05) is 37.1 Å². The van der Waals surface area contributed by atoms with Gasteiger partial charge in [0.1, 0.15) is 24.5 Å². The number of hydrogen-bond donors (Lipinski definition) is 1. The molecule has 1 fully saturated rings. The Bertz CT molecular complexity index is 847. The lowest BCUT2D eigenvalue weighted by molar-refractivity contribution is -0.107. The van der Waals surface area contributed by atoms with Crippen molar-refractivity contribution in [3.8, 4) is 0 Å². The molecule has 0 saturated carbocycles. The third kappa shape index (κ3) is 3.55. The first kappa shape index (κ1) is 18.4. The van der Waals surface area contributed by atoms with Gasteiger partial charge < -0.3 is 20.0 Å². The van der Waals surface area contributed by atoms with Crippen LogP contribution in [0.1, 0.15) is 18.4 Å². The smallest absolute Gasteiger partial charge is 0.153 e. The van der Waals surface area contributed by atoms with E-state index < -0.39 is 6.04 Å². The fourth-order valence-corrected chi connectivity index (χ4v) is 3.83. The zero-order valence-electron chi connectivity index (χ0n) is 16.2. The summed E-state index contributed by atoms with van der Waals surface area (Å²) in [6, 6.07) is 5.90. The maximum Gasteiger partial charge on any atom is 0.153 e. The number of carbonyl (C=O) groups excluding carboxylic acids is 1. The van der Waals surface area contributed by atoms with E-state index in [0.717, 1.165) is 49.2 Å². The van der Waals surface area contributed by atoms with Crippen molar-refractivity contribution in [2.24, 2.45) is 0 Å². The number of nitrogens with zero attached hydrogens (tertiary/aromatic N) is 6. The number of hydrazine groups is 1. The van der Waals surface area contributed by atoms with Crippen LogP contribution in [0.4, 0.5) is 11.6 Å². The van der Waals surface area contributed by atoms with E-state index in [0.29, 0.717) is 11.9 Å². The van der Waals surface area contributed by atoms with Crippen molar-refractivity contribution in [3.05, 3.63) is 48.7 Å². The fourth-order valence-electron chi connectivity index (χ4n) is 3.83. The van der Waals surface area contributed by atoms with E-state index in [1.54, 1.807) is 23.7 Å². The number of anilines is 2. The van der Waals surface area contributed by atoms with Crippen LogP contribution >= 0.6 is 0 Å². The molecule has 1 N–H and O–H groups in total. The van der Waals surface area contributed by atoms with Crippen LogP contribution in [0, 0.1) is 0 Å². The molecule has 0 spiro atoms. The number of carbonyl (C=O) groups is 1. The van der Waals surface area contributed by atoms with Crippen LogP contribution in [0.25, 0.3) is 5.57 Å². The monoisotopic (exact) mass is 379 g/mol. The predicted octanol–water partition coefficient (Wildman–Crippen LogP) is 1.34. The molecule has 0 aliphatic carbocycles. The molecule has 0 bridgehead atoms. The second-order valence-corrected chi connectivity index (χ2v) is 7.34. The van der Waals surface area contributed by atoms with Crippen molar-refractivity contribution < 1.29 is 4.79 Å². The topological polar surface area (TPSA) is 77.5 Å². The molecule has 0 amide bonds. The highest BCUT2D eigenvalue weighted by atomic mass is 16.1. The van der Waals surface area contributed by atoms with Gasteiger partial charge in [0.25, 0.3) is 0 Å². The summed E-state index contributed by atoms with van der Waals surface area (Å²) >= 11 is 0. The largest absolute Gasteiger partial charge is 0.356 e. The average Bonchev–Trinajstić information content (AvgIpc) is 3.19. The Hall–Kier alpha value is -3.00. The van der Waals surface area contributed by atoms with Gasteiger partial charge in [0.15, 0.2) is 5.82 Å². The molecule has 1 unspecified atom stereocenters. The molecule has 2 aliphatic rings. The fraction of sp³-hybridized carbons (Fsp3) is 0.400. The maximum absolute atomic E-state index is 11.9. The molecule has 2 aromatic heterocycles. The van der Waals surface area contributed by atoms with Gasteiger partial charge in [0, 0.05) is 54.9 Å². The molecular weight excluding hydrogens is 354 g/mol. The molecule has 0 aromatic carbocycles. The van der Waals surface area contributed by atoms with Gasteiger partial charge in [0.2, 0.25) is 0 Å². The molecule has 4 rings (SSSR count).